The highest BCUT2D eigenvalue weighted by Gasteiger charge is 2.45. The van der Waals surface area contributed by atoms with Gasteiger partial charge in [-0.3, -0.25) is 14.2 Å². The van der Waals surface area contributed by atoms with Crippen LogP contribution in [-0.2, 0) is 18.9 Å². The molecule has 0 saturated carbocycles. The molecule has 4 heterocycles. The van der Waals surface area contributed by atoms with Gasteiger partial charge in [-0.05, 0) is 26.8 Å². The van der Waals surface area contributed by atoms with Gasteiger partial charge in [-0.2, -0.15) is 10.2 Å². The minimum Gasteiger partial charge on any atom is -0.384 e. The van der Waals surface area contributed by atoms with Crippen molar-refractivity contribution in [3.63, 3.8) is 0 Å². The summed E-state index contributed by atoms with van der Waals surface area (Å²) in [5, 5.41) is 13.2. The number of rotatable bonds is 4. The summed E-state index contributed by atoms with van der Waals surface area (Å²) in [7, 11) is 3.79. The molecule has 1 saturated heterocycles. The summed E-state index contributed by atoms with van der Waals surface area (Å²) in [6, 6.07) is 1.96. The van der Waals surface area contributed by atoms with E-state index in [1.165, 1.54) is 0 Å². The zero-order chi connectivity index (χ0) is 20.1. The fourth-order valence-electron chi connectivity index (χ4n) is 4.23. The zero-order valence-electron chi connectivity index (χ0n) is 17.0. The number of hydrogen-bond acceptors (Lipinski definition) is 5. The maximum atomic E-state index is 12.9. The smallest absolute Gasteiger partial charge is 0.223 e. The van der Waals surface area contributed by atoms with E-state index >= 15 is 0 Å². The molecule has 3 aromatic heterocycles. The van der Waals surface area contributed by atoms with Crippen molar-refractivity contribution < 1.29 is 4.79 Å². The summed E-state index contributed by atoms with van der Waals surface area (Å²) in [6.45, 7) is 6.95. The Balaban J connectivity index is 1.63. The summed E-state index contributed by atoms with van der Waals surface area (Å²) in [5.74, 6) is 0.338. The number of likely N-dealkylation sites (tertiary alicyclic amines) is 1. The van der Waals surface area contributed by atoms with Crippen molar-refractivity contribution in [2.24, 2.45) is 20.0 Å². The number of aryl methyl sites for hydroxylation is 2. The molecule has 0 radical (unpaired) electrons. The topological polar surface area (TPSA) is 80.9 Å². The number of aromatic nitrogens is 5. The van der Waals surface area contributed by atoms with Crippen molar-refractivity contribution in [1.82, 2.24) is 29.4 Å². The molecule has 2 atom stereocenters. The Morgan fingerprint density at radius 2 is 2.00 bits per heavy atom. The molecule has 1 aliphatic heterocycles. The van der Waals surface area contributed by atoms with Gasteiger partial charge in [-0.15, -0.1) is 0 Å². The van der Waals surface area contributed by atoms with Gasteiger partial charge >= 0.3 is 0 Å². The van der Waals surface area contributed by atoms with Gasteiger partial charge in [0, 0.05) is 62.2 Å². The van der Waals surface area contributed by atoms with Crippen LogP contribution in [0.2, 0.25) is 0 Å². The molecule has 1 amide bonds. The third-order valence-corrected chi connectivity index (χ3v) is 5.41. The second kappa shape index (κ2) is 6.61. The Hall–Kier alpha value is -2.90. The average molecular weight is 381 g/mol. The fraction of sp³-hybridized carbons (Fsp3) is 0.500. The molecule has 1 N–H and O–H groups in total. The molecule has 148 valence electrons. The van der Waals surface area contributed by atoms with E-state index in [0.717, 1.165) is 22.3 Å². The van der Waals surface area contributed by atoms with Crippen molar-refractivity contribution in [2.75, 3.05) is 11.9 Å². The molecule has 1 fully saturated rings. The van der Waals surface area contributed by atoms with Gasteiger partial charge in [0.2, 0.25) is 5.91 Å². The first kappa shape index (κ1) is 18.5. The van der Waals surface area contributed by atoms with E-state index in [9.17, 15) is 4.79 Å². The number of fused-ring (bicyclic) bond motifs is 1. The molecule has 8 heteroatoms. The van der Waals surface area contributed by atoms with E-state index in [1.807, 2.05) is 43.7 Å². The second-order valence-corrected chi connectivity index (χ2v) is 8.54. The van der Waals surface area contributed by atoms with Crippen LogP contribution in [0.15, 0.2) is 30.9 Å². The predicted molar refractivity (Wildman–Crippen MR) is 108 cm³/mol. The molecular weight excluding hydrogens is 354 g/mol. The van der Waals surface area contributed by atoms with Gasteiger partial charge in [0.25, 0.3) is 0 Å². The summed E-state index contributed by atoms with van der Waals surface area (Å²) < 4.78 is 3.56. The van der Waals surface area contributed by atoms with Crippen molar-refractivity contribution in [1.29, 1.82) is 0 Å². The number of pyridine rings is 1. The monoisotopic (exact) mass is 381 g/mol. The highest BCUT2D eigenvalue weighted by Crippen LogP contribution is 2.42. The van der Waals surface area contributed by atoms with E-state index in [0.29, 0.717) is 13.0 Å². The molecular formula is C20H27N7O. The van der Waals surface area contributed by atoms with Crippen LogP contribution in [-0.4, -0.2) is 47.4 Å². The van der Waals surface area contributed by atoms with Crippen LogP contribution in [0.5, 0.6) is 0 Å². The number of hydrogen-bond donors (Lipinski definition) is 1. The van der Waals surface area contributed by atoms with Gasteiger partial charge in [-0.25, -0.2) is 4.98 Å². The molecule has 3 aromatic rings. The van der Waals surface area contributed by atoms with E-state index in [4.69, 9.17) is 0 Å². The average Bonchev–Trinajstić information content (AvgIpc) is 3.30. The van der Waals surface area contributed by atoms with Gasteiger partial charge < -0.3 is 10.2 Å². The SMILES string of the molecule is Cn1cc([C@H]2[C@H](CNc3ccnc4c3cnn4C)CC(=O)N2C(C)(C)C)cn1. The minimum absolute atomic E-state index is 0.0000681. The fourth-order valence-corrected chi connectivity index (χ4v) is 4.23. The summed E-state index contributed by atoms with van der Waals surface area (Å²) in [5.41, 5.74) is 2.66. The largest absolute Gasteiger partial charge is 0.384 e. The summed E-state index contributed by atoms with van der Waals surface area (Å²) >= 11 is 0. The molecule has 0 aromatic carbocycles. The van der Waals surface area contributed by atoms with Crippen LogP contribution in [0.4, 0.5) is 5.69 Å². The quantitative estimate of drug-likeness (QED) is 0.751. The molecule has 0 aliphatic carbocycles. The Morgan fingerprint density at radius 1 is 1.21 bits per heavy atom. The second-order valence-electron chi connectivity index (χ2n) is 8.54. The summed E-state index contributed by atoms with van der Waals surface area (Å²) in [6.07, 6.45) is 8.02. The van der Waals surface area contributed by atoms with Gasteiger partial charge in [-0.1, -0.05) is 0 Å². The first-order valence-electron chi connectivity index (χ1n) is 9.57. The van der Waals surface area contributed by atoms with Crippen LogP contribution >= 0.6 is 0 Å². The third-order valence-electron chi connectivity index (χ3n) is 5.41. The number of anilines is 1. The van der Waals surface area contributed by atoms with Crippen molar-refractivity contribution >= 4 is 22.6 Å². The summed E-state index contributed by atoms with van der Waals surface area (Å²) in [4.78, 5) is 19.3. The molecule has 4 rings (SSSR count). The van der Waals surface area contributed by atoms with E-state index in [1.54, 1.807) is 15.6 Å². The van der Waals surface area contributed by atoms with Gasteiger partial charge in [0.15, 0.2) is 5.65 Å². The van der Waals surface area contributed by atoms with Crippen LogP contribution in [0, 0.1) is 5.92 Å². The Labute approximate surface area is 164 Å². The number of nitrogens with zero attached hydrogens (tertiary/aromatic N) is 6. The van der Waals surface area contributed by atoms with E-state index in [-0.39, 0.29) is 23.4 Å². The lowest BCUT2D eigenvalue weighted by molar-refractivity contribution is -0.133. The lowest BCUT2D eigenvalue weighted by Gasteiger charge is -2.38. The van der Waals surface area contributed by atoms with Crippen LogP contribution in [0.25, 0.3) is 11.0 Å². The molecule has 0 unspecified atom stereocenters. The highest BCUT2D eigenvalue weighted by molar-refractivity contribution is 5.88. The Morgan fingerprint density at radius 3 is 2.68 bits per heavy atom. The van der Waals surface area contributed by atoms with Crippen LogP contribution in [0.3, 0.4) is 0 Å². The zero-order valence-corrected chi connectivity index (χ0v) is 17.0. The highest BCUT2D eigenvalue weighted by atomic mass is 16.2. The van der Waals surface area contributed by atoms with Gasteiger partial charge in [0.05, 0.1) is 23.8 Å². The lowest BCUT2D eigenvalue weighted by Crippen LogP contribution is -2.44. The third kappa shape index (κ3) is 3.12. The number of carbonyl (C=O) groups excluding carboxylic acids is 1. The molecule has 1 aliphatic rings. The first-order chi connectivity index (χ1) is 13.3. The van der Waals surface area contributed by atoms with Crippen molar-refractivity contribution in [2.45, 2.75) is 38.8 Å². The predicted octanol–water partition coefficient (Wildman–Crippen LogP) is 2.50. The van der Waals surface area contributed by atoms with Gasteiger partial charge in [0.1, 0.15) is 0 Å². The molecule has 28 heavy (non-hydrogen) atoms. The van der Waals surface area contributed by atoms with Crippen molar-refractivity contribution in [3.8, 4) is 0 Å². The Bertz CT molecular complexity index is 1010. The number of carbonyl (C=O) groups is 1. The van der Waals surface area contributed by atoms with E-state index in [2.05, 4.69) is 41.3 Å². The van der Waals surface area contributed by atoms with Crippen LogP contribution < -0.4 is 5.32 Å². The maximum absolute atomic E-state index is 12.9. The standard InChI is InChI=1S/C20H27N7O/c1-20(2,3)27-17(28)8-13(18(27)14-10-23-25(4)12-14)9-22-16-6-7-21-19-15(16)11-24-26(19)5/h6-7,10-13,18H,8-9H2,1-5H3,(H,21,22)/t13-,18+/m0/s1. The lowest BCUT2D eigenvalue weighted by atomic mass is 9.93. The Kier molecular flexibility index (Phi) is 4.36. The molecule has 0 spiro atoms. The maximum Gasteiger partial charge on any atom is 0.223 e. The number of nitrogens with one attached hydrogen (secondary N) is 1. The van der Waals surface area contributed by atoms with Crippen molar-refractivity contribution in [3.05, 3.63) is 36.4 Å². The minimum atomic E-state index is -0.250. The molecule has 0 bridgehead atoms. The van der Waals surface area contributed by atoms with E-state index < -0.39 is 0 Å². The first-order valence-corrected chi connectivity index (χ1v) is 9.57. The normalized spacial score (nSPS) is 20.3. The van der Waals surface area contributed by atoms with Crippen LogP contribution in [0.1, 0.15) is 38.8 Å². The molecule has 8 nitrogen and oxygen atoms in total. The number of amides is 1.